The SMILES string of the molecule is Cc1cnn(Cc2ccc3c(c2)-c2[nH]nc(-c4ccsc4)c2C3)c1. The molecule has 0 aliphatic heterocycles. The maximum Gasteiger partial charge on any atom is 0.0970 e. The summed E-state index contributed by atoms with van der Waals surface area (Å²) in [5.41, 5.74) is 9.88. The third kappa shape index (κ3) is 2.12. The third-order valence-electron chi connectivity index (χ3n) is 4.58. The van der Waals surface area contributed by atoms with Crippen molar-refractivity contribution in [3.63, 3.8) is 0 Å². The first-order valence-corrected chi connectivity index (χ1v) is 8.93. The first kappa shape index (κ1) is 13.7. The Balaban J connectivity index is 1.53. The van der Waals surface area contributed by atoms with E-state index < -0.39 is 0 Å². The molecule has 3 aromatic heterocycles. The van der Waals surface area contributed by atoms with Crippen LogP contribution in [0.2, 0.25) is 0 Å². The Hall–Kier alpha value is -2.66. The van der Waals surface area contributed by atoms with E-state index in [2.05, 4.69) is 63.4 Å². The van der Waals surface area contributed by atoms with Crippen LogP contribution in [0.3, 0.4) is 0 Å². The van der Waals surface area contributed by atoms with E-state index in [-0.39, 0.29) is 0 Å². The van der Waals surface area contributed by atoms with Gasteiger partial charge >= 0.3 is 0 Å². The lowest BCUT2D eigenvalue weighted by Gasteiger charge is -2.05. The molecule has 1 aliphatic rings. The lowest BCUT2D eigenvalue weighted by molar-refractivity contribution is 0.686. The van der Waals surface area contributed by atoms with Crippen molar-refractivity contribution in [2.75, 3.05) is 0 Å². The molecular formula is C19H16N4S. The minimum atomic E-state index is 0.794. The number of rotatable bonds is 3. The summed E-state index contributed by atoms with van der Waals surface area (Å²) >= 11 is 1.71. The molecule has 0 saturated carbocycles. The molecule has 0 amide bonds. The molecule has 24 heavy (non-hydrogen) atoms. The zero-order valence-electron chi connectivity index (χ0n) is 13.3. The first-order chi connectivity index (χ1) is 11.8. The molecule has 0 bridgehead atoms. The quantitative estimate of drug-likeness (QED) is 0.536. The van der Waals surface area contributed by atoms with Gasteiger partial charge < -0.3 is 0 Å². The second kappa shape index (κ2) is 5.18. The lowest BCUT2D eigenvalue weighted by atomic mass is 10.1. The molecule has 0 atom stereocenters. The van der Waals surface area contributed by atoms with Crippen LogP contribution in [0.5, 0.6) is 0 Å². The van der Waals surface area contributed by atoms with Crippen LogP contribution in [0.15, 0.2) is 47.4 Å². The number of hydrogen-bond acceptors (Lipinski definition) is 3. The third-order valence-corrected chi connectivity index (χ3v) is 5.26. The fourth-order valence-corrected chi connectivity index (χ4v) is 4.08. The molecule has 1 N–H and O–H groups in total. The fraction of sp³-hybridized carbons (Fsp3) is 0.158. The molecule has 4 nitrogen and oxygen atoms in total. The van der Waals surface area contributed by atoms with Crippen LogP contribution < -0.4 is 0 Å². The molecule has 1 aromatic carbocycles. The van der Waals surface area contributed by atoms with Gasteiger partial charge in [0.2, 0.25) is 0 Å². The first-order valence-electron chi connectivity index (χ1n) is 7.99. The average Bonchev–Trinajstić information content (AvgIpc) is 3.32. The fourth-order valence-electron chi connectivity index (χ4n) is 3.44. The highest BCUT2D eigenvalue weighted by molar-refractivity contribution is 7.08. The number of fused-ring (bicyclic) bond motifs is 3. The molecule has 5 heteroatoms. The van der Waals surface area contributed by atoms with Gasteiger partial charge in [0, 0.05) is 34.7 Å². The van der Waals surface area contributed by atoms with Crippen LogP contribution >= 0.6 is 11.3 Å². The summed E-state index contributed by atoms with van der Waals surface area (Å²) in [6, 6.07) is 8.86. The second-order valence-corrected chi connectivity index (χ2v) is 7.10. The average molecular weight is 332 g/mol. The van der Waals surface area contributed by atoms with Gasteiger partial charge in [0.05, 0.1) is 24.1 Å². The van der Waals surface area contributed by atoms with E-state index in [0.717, 1.165) is 18.7 Å². The van der Waals surface area contributed by atoms with Crippen LogP contribution in [0, 0.1) is 6.92 Å². The normalized spacial score (nSPS) is 12.4. The lowest BCUT2D eigenvalue weighted by Crippen LogP contribution is -2.00. The number of hydrogen-bond donors (Lipinski definition) is 1. The van der Waals surface area contributed by atoms with Gasteiger partial charge in [0.25, 0.3) is 0 Å². The van der Waals surface area contributed by atoms with E-state index in [1.807, 2.05) is 10.9 Å². The van der Waals surface area contributed by atoms with Crippen LogP contribution in [-0.4, -0.2) is 20.0 Å². The van der Waals surface area contributed by atoms with Gasteiger partial charge in [0.15, 0.2) is 0 Å². The number of benzene rings is 1. The van der Waals surface area contributed by atoms with Gasteiger partial charge in [-0.05, 0) is 41.1 Å². The van der Waals surface area contributed by atoms with Gasteiger partial charge in [0.1, 0.15) is 0 Å². The zero-order valence-corrected chi connectivity index (χ0v) is 14.1. The number of aromatic nitrogens is 4. The Bertz CT molecular complexity index is 1020. The Labute approximate surface area is 143 Å². The van der Waals surface area contributed by atoms with Crippen LogP contribution in [0.1, 0.15) is 22.3 Å². The maximum atomic E-state index is 4.56. The molecule has 0 saturated heterocycles. The van der Waals surface area contributed by atoms with E-state index in [4.69, 9.17) is 0 Å². The summed E-state index contributed by atoms with van der Waals surface area (Å²) in [7, 11) is 0. The van der Waals surface area contributed by atoms with Crippen molar-refractivity contribution in [2.24, 2.45) is 0 Å². The number of thiophene rings is 1. The smallest absolute Gasteiger partial charge is 0.0970 e. The Morgan fingerprint density at radius 2 is 2.25 bits per heavy atom. The minimum Gasteiger partial charge on any atom is -0.277 e. The van der Waals surface area contributed by atoms with Crippen molar-refractivity contribution in [1.82, 2.24) is 20.0 Å². The summed E-state index contributed by atoms with van der Waals surface area (Å²) < 4.78 is 1.98. The summed E-state index contributed by atoms with van der Waals surface area (Å²) in [6.45, 7) is 2.86. The van der Waals surface area contributed by atoms with Crippen molar-refractivity contribution < 1.29 is 0 Å². The number of nitrogens with zero attached hydrogens (tertiary/aromatic N) is 3. The van der Waals surface area contributed by atoms with Gasteiger partial charge in [-0.25, -0.2) is 0 Å². The van der Waals surface area contributed by atoms with Crippen molar-refractivity contribution in [3.8, 4) is 22.5 Å². The topological polar surface area (TPSA) is 46.5 Å². The molecule has 0 unspecified atom stereocenters. The maximum absolute atomic E-state index is 4.56. The van der Waals surface area contributed by atoms with Gasteiger partial charge in [-0.3, -0.25) is 9.78 Å². The molecule has 4 aromatic rings. The highest BCUT2D eigenvalue weighted by Crippen LogP contribution is 2.40. The molecule has 0 radical (unpaired) electrons. The monoisotopic (exact) mass is 332 g/mol. The van der Waals surface area contributed by atoms with E-state index in [1.54, 1.807) is 11.3 Å². The summed E-state index contributed by atoms with van der Waals surface area (Å²) in [5, 5.41) is 16.5. The van der Waals surface area contributed by atoms with Crippen molar-refractivity contribution >= 4 is 11.3 Å². The molecule has 5 rings (SSSR count). The highest BCUT2D eigenvalue weighted by Gasteiger charge is 2.25. The van der Waals surface area contributed by atoms with Gasteiger partial charge in [-0.1, -0.05) is 12.1 Å². The minimum absolute atomic E-state index is 0.794. The summed E-state index contributed by atoms with van der Waals surface area (Å²) in [6.07, 6.45) is 4.92. The molecule has 0 spiro atoms. The van der Waals surface area contributed by atoms with Crippen LogP contribution in [0.25, 0.3) is 22.5 Å². The second-order valence-electron chi connectivity index (χ2n) is 6.32. The van der Waals surface area contributed by atoms with Crippen LogP contribution in [0.4, 0.5) is 0 Å². The van der Waals surface area contributed by atoms with E-state index in [0.29, 0.717) is 0 Å². The predicted octanol–water partition coefficient (Wildman–Crippen LogP) is 4.26. The highest BCUT2D eigenvalue weighted by atomic mass is 32.1. The number of nitrogens with one attached hydrogen (secondary N) is 1. The predicted molar refractivity (Wildman–Crippen MR) is 96.2 cm³/mol. The summed E-state index contributed by atoms with van der Waals surface area (Å²) in [4.78, 5) is 0. The molecule has 118 valence electrons. The van der Waals surface area contributed by atoms with Gasteiger partial charge in [-0.15, -0.1) is 0 Å². The van der Waals surface area contributed by atoms with Crippen molar-refractivity contribution in [2.45, 2.75) is 19.9 Å². The van der Waals surface area contributed by atoms with Crippen molar-refractivity contribution in [1.29, 1.82) is 0 Å². The number of aromatic amines is 1. The molecular weight excluding hydrogens is 316 g/mol. The van der Waals surface area contributed by atoms with E-state index >= 15 is 0 Å². The van der Waals surface area contributed by atoms with Crippen molar-refractivity contribution in [3.05, 3.63) is 69.7 Å². The van der Waals surface area contributed by atoms with E-state index in [1.165, 1.54) is 39.1 Å². The molecule has 0 fully saturated rings. The number of H-pyrrole nitrogens is 1. The van der Waals surface area contributed by atoms with Crippen LogP contribution in [-0.2, 0) is 13.0 Å². The Morgan fingerprint density at radius 1 is 1.29 bits per heavy atom. The molecule has 3 heterocycles. The Kier molecular flexibility index (Phi) is 2.97. The summed E-state index contributed by atoms with van der Waals surface area (Å²) in [5.74, 6) is 0. The largest absolute Gasteiger partial charge is 0.277 e. The van der Waals surface area contributed by atoms with E-state index in [9.17, 15) is 0 Å². The Morgan fingerprint density at radius 3 is 3.04 bits per heavy atom. The zero-order chi connectivity index (χ0) is 16.1. The molecule has 1 aliphatic carbocycles. The number of aryl methyl sites for hydroxylation is 1. The standard InChI is InChI=1S/C19H16N4S/c1-12-8-20-23(9-12)10-13-2-3-14-7-17-18(15-4-5-24-11-15)21-22-19(17)16(14)6-13/h2-6,8-9,11H,7,10H2,1H3,(H,21,22). The van der Waals surface area contributed by atoms with Gasteiger partial charge in [-0.2, -0.15) is 21.5 Å².